The van der Waals surface area contributed by atoms with Crippen molar-refractivity contribution < 1.29 is 4.79 Å². The third kappa shape index (κ3) is 3.58. The van der Waals surface area contributed by atoms with Crippen LogP contribution >= 0.6 is 0 Å². The Morgan fingerprint density at radius 1 is 1.12 bits per heavy atom. The summed E-state index contributed by atoms with van der Waals surface area (Å²) in [4.78, 5) is 24.1. The molecule has 0 bridgehead atoms. The van der Waals surface area contributed by atoms with Gasteiger partial charge in [0.2, 0.25) is 0 Å². The van der Waals surface area contributed by atoms with E-state index in [0.29, 0.717) is 12.1 Å². The molecule has 2 aromatic heterocycles. The quantitative estimate of drug-likeness (QED) is 0.771. The third-order valence-corrected chi connectivity index (χ3v) is 4.83. The van der Waals surface area contributed by atoms with Gasteiger partial charge in [-0.3, -0.25) is 9.78 Å². The van der Waals surface area contributed by atoms with Crippen LogP contribution in [0, 0.1) is 0 Å². The van der Waals surface area contributed by atoms with E-state index in [-0.39, 0.29) is 5.91 Å². The number of pyridine rings is 2. The number of hydrogen-bond donors (Lipinski definition) is 1. The van der Waals surface area contributed by atoms with Crippen molar-refractivity contribution in [3.05, 3.63) is 60.4 Å². The lowest BCUT2D eigenvalue weighted by molar-refractivity contribution is 0.0951. The van der Waals surface area contributed by atoms with E-state index in [2.05, 4.69) is 15.2 Å². The monoisotopic (exact) mass is 346 g/mol. The summed E-state index contributed by atoms with van der Waals surface area (Å²) in [6.07, 6.45) is 6.03. The van der Waals surface area contributed by atoms with Gasteiger partial charge in [0.05, 0.1) is 16.8 Å². The lowest BCUT2D eigenvalue weighted by Gasteiger charge is -2.15. The number of benzene rings is 1. The molecule has 1 saturated heterocycles. The Morgan fingerprint density at radius 3 is 2.77 bits per heavy atom. The number of carbonyl (C=O) groups is 1. The fourth-order valence-electron chi connectivity index (χ4n) is 3.45. The van der Waals surface area contributed by atoms with Crippen molar-refractivity contribution >= 4 is 16.8 Å². The Labute approximate surface area is 153 Å². The first-order valence-corrected chi connectivity index (χ1v) is 9.12. The minimum atomic E-state index is -0.0482. The summed E-state index contributed by atoms with van der Waals surface area (Å²) in [6, 6.07) is 13.5. The maximum Gasteiger partial charge on any atom is 0.252 e. The molecule has 1 amide bonds. The van der Waals surface area contributed by atoms with Gasteiger partial charge in [-0.25, -0.2) is 4.98 Å². The number of carbonyl (C=O) groups excluding carboxylic acids is 1. The third-order valence-electron chi connectivity index (χ3n) is 4.83. The summed E-state index contributed by atoms with van der Waals surface area (Å²) < 4.78 is 0. The highest BCUT2D eigenvalue weighted by Gasteiger charge is 2.15. The maximum atomic E-state index is 12.8. The van der Waals surface area contributed by atoms with Gasteiger partial charge in [0.15, 0.2) is 0 Å². The van der Waals surface area contributed by atoms with E-state index in [0.717, 1.165) is 41.8 Å². The van der Waals surface area contributed by atoms with Crippen molar-refractivity contribution in [1.29, 1.82) is 0 Å². The van der Waals surface area contributed by atoms with Gasteiger partial charge in [-0.1, -0.05) is 18.2 Å². The van der Waals surface area contributed by atoms with Crippen molar-refractivity contribution in [1.82, 2.24) is 20.2 Å². The molecule has 3 heterocycles. The first-order chi connectivity index (χ1) is 12.8. The molecule has 4 rings (SSSR count). The molecule has 5 nitrogen and oxygen atoms in total. The second-order valence-corrected chi connectivity index (χ2v) is 6.62. The van der Waals surface area contributed by atoms with Crippen molar-refractivity contribution in [2.75, 3.05) is 26.2 Å². The number of likely N-dealkylation sites (tertiary alicyclic amines) is 1. The van der Waals surface area contributed by atoms with Gasteiger partial charge in [0.25, 0.3) is 5.91 Å². The lowest BCUT2D eigenvalue weighted by atomic mass is 10.0. The average molecular weight is 346 g/mol. The number of nitrogens with one attached hydrogen (secondary N) is 1. The summed E-state index contributed by atoms with van der Waals surface area (Å²) in [7, 11) is 0. The highest BCUT2D eigenvalue weighted by atomic mass is 16.1. The zero-order valence-corrected chi connectivity index (χ0v) is 14.7. The lowest BCUT2D eigenvalue weighted by Crippen LogP contribution is -2.33. The summed E-state index contributed by atoms with van der Waals surface area (Å²) in [5, 5.41) is 3.95. The number of aromatic nitrogens is 2. The van der Waals surface area contributed by atoms with Crippen LogP contribution in [0.15, 0.2) is 54.9 Å². The van der Waals surface area contributed by atoms with Gasteiger partial charge in [-0.2, -0.15) is 0 Å². The van der Waals surface area contributed by atoms with E-state index in [1.165, 1.54) is 12.8 Å². The molecule has 0 atom stereocenters. The first kappa shape index (κ1) is 16.7. The van der Waals surface area contributed by atoms with E-state index < -0.39 is 0 Å². The molecule has 1 aliphatic heterocycles. The SMILES string of the molecule is O=C(NCCN1CCCC1)c1cc(-c2cccnc2)nc2ccccc12. The minimum Gasteiger partial charge on any atom is -0.351 e. The predicted octanol–water partition coefficient (Wildman–Crippen LogP) is 3.12. The second kappa shape index (κ2) is 7.62. The summed E-state index contributed by atoms with van der Waals surface area (Å²) >= 11 is 0. The molecule has 3 aromatic rings. The molecule has 1 N–H and O–H groups in total. The molecular weight excluding hydrogens is 324 g/mol. The molecule has 1 fully saturated rings. The molecule has 0 saturated carbocycles. The van der Waals surface area contributed by atoms with Crippen LogP contribution in [0.3, 0.4) is 0 Å². The highest BCUT2D eigenvalue weighted by Crippen LogP contribution is 2.24. The fourth-order valence-corrected chi connectivity index (χ4v) is 3.45. The molecular formula is C21H22N4O. The van der Waals surface area contributed by atoms with Crippen LogP contribution in [-0.2, 0) is 0 Å². The molecule has 26 heavy (non-hydrogen) atoms. The number of nitrogens with zero attached hydrogens (tertiary/aromatic N) is 3. The van der Waals surface area contributed by atoms with Gasteiger partial charge >= 0.3 is 0 Å². The molecule has 0 aliphatic carbocycles. The van der Waals surface area contributed by atoms with Gasteiger partial charge in [0.1, 0.15) is 0 Å². The molecule has 1 aliphatic rings. The van der Waals surface area contributed by atoms with Crippen LogP contribution in [0.4, 0.5) is 0 Å². The Hall–Kier alpha value is -2.79. The molecule has 0 radical (unpaired) electrons. The zero-order chi connectivity index (χ0) is 17.8. The number of rotatable bonds is 5. The first-order valence-electron chi connectivity index (χ1n) is 9.12. The van der Waals surface area contributed by atoms with Crippen molar-refractivity contribution in [3.8, 4) is 11.3 Å². The Morgan fingerprint density at radius 2 is 1.96 bits per heavy atom. The van der Waals surface area contributed by atoms with E-state index in [1.54, 1.807) is 12.4 Å². The van der Waals surface area contributed by atoms with Crippen LogP contribution < -0.4 is 5.32 Å². The summed E-state index contributed by atoms with van der Waals surface area (Å²) in [6.45, 7) is 3.85. The number of fused-ring (bicyclic) bond motifs is 1. The van der Waals surface area contributed by atoms with Crippen LogP contribution in [0.2, 0.25) is 0 Å². The van der Waals surface area contributed by atoms with Crippen molar-refractivity contribution in [2.45, 2.75) is 12.8 Å². The Bertz CT molecular complexity index is 904. The van der Waals surface area contributed by atoms with E-state index >= 15 is 0 Å². The Kier molecular flexibility index (Phi) is 4.88. The van der Waals surface area contributed by atoms with Gasteiger partial charge in [-0.15, -0.1) is 0 Å². The van der Waals surface area contributed by atoms with Gasteiger partial charge in [-0.05, 0) is 50.2 Å². The van der Waals surface area contributed by atoms with Crippen LogP contribution in [0.5, 0.6) is 0 Å². The number of amides is 1. The smallest absolute Gasteiger partial charge is 0.252 e. The van der Waals surface area contributed by atoms with Gasteiger partial charge < -0.3 is 10.2 Å². The van der Waals surface area contributed by atoms with E-state index in [9.17, 15) is 4.79 Å². The van der Waals surface area contributed by atoms with Crippen molar-refractivity contribution in [3.63, 3.8) is 0 Å². The van der Waals surface area contributed by atoms with E-state index in [1.807, 2.05) is 42.5 Å². The Balaban J connectivity index is 1.61. The molecule has 0 unspecified atom stereocenters. The standard InChI is InChI=1S/C21H22N4O/c26-21(23-10-13-25-11-3-4-12-25)18-14-20(16-6-5-9-22-15-16)24-19-8-2-1-7-17(18)19/h1-2,5-9,14-15H,3-4,10-13H2,(H,23,26). The summed E-state index contributed by atoms with van der Waals surface area (Å²) in [5.74, 6) is -0.0482. The topological polar surface area (TPSA) is 58.1 Å². The highest BCUT2D eigenvalue weighted by molar-refractivity contribution is 6.07. The van der Waals surface area contributed by atoms with E-state index in [4.69, 9.17) is 4.98 Å². The molecule has 5 heteroatoms. The van der Waals surface area contributed by atoms with Crippen LogP contribution in [-0.4, -0.2) is 47.0 Å². The number of para-hydroxylation sites is 1. The van der Waals surface area contributed by atoms with Gasteiger partial charge in [0, 0.05) is 36.4 Å². The van der Waals surface area contributed by atoms with Crippen LogP contribution in [0.25, 0.3) is 22.2 Å². The zero-order valence-electron chi connectivity index (χ0n) is 14.7. The normalized spacial score (nSPS) is 14.6. The molecule has 132 valence electrons. The number of hydrogen-bond acceptors (Lipinski definition) is 4. The second-order valence-electron chi connectivity index (χ2n) is 6.62. The summed E-state index contributed by atoms with van der Waals surface area (Å²) in [5.41, 5.74) is 3.15. The largest absolute Gasteiger partial charge is 0.351 e. The maximum absolute atomic E-state index is 12.8. The minimum absolute atomic E-state index is 0.0482. The van der Waals surface area contributed by atoms with Crippen molar-refractivity contribution in [2.24, 2.45) is 0 Å². The molecule has 0 spiro atoms. The average Bonchev–Trinajstić information content (AvgIpc) is 3.21. The molecule has 1 aromatic carbocycles. The fraction of sp³-hybridized carbons (Fsp3) is 0.286. The predicted molar refractivity (Wildman–Crippen MR) is 103 cm³/mol. The van der Waals surface area contributed by atoms with Crippen LogP contribution in [0.1, 0.15) is 23.2 Å².